The highest BCUT2D eigenvalue weighted by atomic mass is 15.1. The third-order valence-corrected chi connectivity index (χ3v) is 6.17. The summed E-state index contributed by atoms with van der Waals surface area (Å²) in [6.07, 6.45) is 5.14. The van der Waals surface area contributed by atoms with E-state index in [2.05, 4.69) is 82.4 Å². The lowest BCUT2D eigenvalue weighted by molar-refractivity contribution is 0.642. The van der Waals surface area contributed by atoms with Crippen molar-refractivity contribution in [1.82, 2.24) is 14.8 Å². The number of rotatable bonds is 10. The largest absolute Gasteiger partial charge is 0.369 e. The molecular weight excluding hydrogens is 466 g/mol. The second-order valence-corrected chi connectivity index (χ2v) is 9.34. The first kappa shape index (κ1) is 26.7. The van der Waals surface area contributed by atoms with Gasteiger partial charge >= 0.3 is 0 Å². The van der Waals surface area contributed by atoms with E-state index in [0.29, 0.717) is 6.54 Å². The monoisotopic (exact) mass is 501 g/mol. The van der Waals surface area contributed by atoms with Gasteiger partial charge in [0.2, 0.25) is 0 Å². The summed E-state index contributed by atoms with van der Waals surface area (Å²) in [6, 6.07) is 29.1. The van der Waals surface area contributed by atoms with Crippen LogP contribution in [-0.4, -0.2) is 49.7 Å². The second kappa shape index (κ2) is 13.2. The summed E-state index contributed by atoms with van der Waals surface area (Å²) in [5.41, 5.74) is 7.15. The van der Waals surface area contributed by atoms with Crippen LogP contribution >= 0.6 is 0 Å². The minimum atomic E-state index is 0.604. The molecule has 0 bridgehead atoms. The molecule has 192 valence electrons. The van der Waals surface area contributed by atoms with Crippen molar-refractivity contribution in [2.45, 2.75) is 19.4 Å². The van der Waals surface area contributed by atoms with Crippen LogP contribution in [0.15, 0.2) is 89.9 Å². The zero-order valence-electron chi connectivity index (χ0n) is 22.4. The van der Waals surface area contributed by atoms with Crippen molar-refractivity contribution in [3.8, 4) is 34.2 Å². The van der Waals surface area contributed by atoms with Crippen LogP contribution in [0.5, 0.6) is 0 Å². The van der Waals surface area contributed by atoms with Gasteiger partial charge in [-0.1, -0.05) is 84.6 Å². The van der Waals surface area contributed by atoms with Crippen LogP contribution < -0.4 is 5.32 Å². The molecule has 0 amide bonds. The molecule has 0 aliphatic heterocycles. The molecule has 3 aromatic carbocycles. The van der Waals surface area contributed by atoms with E-state index >= 15 is 0 Å². The zero-order valence-corrected chi connectivity index (χ0v) is 22.4. The van der Waals surface area contributed by atoms with Crippen LogP contribution in [0.3, 0.4) is 0 Å². The topological polar surface area (TPSA) is 56.4 Å². The Hall–Kier alpha value is -4.40. The van der Waals surface area contributed by atoms with Gasteiger partial charge in [-0.05, 0) is 48.8 Å². The molecule has 0 radical (unpaired) electrons. The molecule has 0 unspecified atom stereocenters. The van der Waals surface area contributed by atoms with Crippen molar-refractivity contribution in [2.75, 3.05) is 27.7 Å². The average Bonchev–Trinajstić information content (AvgIpc) is 3.25. The summed E-state index contributed by atoms with van der Waals surface area (Å²) in [7, 11) is 5.87. The van der Waals surface area contributed by atoms with E-state index < -0.39 is 0 Å². The molecule has 5 nitrogen and oxygen atoms in total. The fourth-order valence-corrected chi connectivity index (χ4v) is 4.47. The van der Waals surface area contributed by atoms with E-state index in [1.165, 1.54) is 6.21 Å². The van der Waals surface area contributed by atoms with Gasteiger partial charge in [0.1, 0.15) is 5.82 Å². The lowest BCUT2D eigenvalue weighted by atomic mass is 9.98. The standard InChI is InChI=1S/C33H35N5/c1-35-21-12-6-7-14-26-15-13-16-27(22-26)24-38-32(29-19-10-5-11-20-29)31(28-17-8-4-9-18-28)30(23-34)33(38)36-25-37(2)3/h4-5,8-11,13,15-20,22-23,25,34-35H,6,12,21,24H2,1-3H3/b34-23?,36-25-. The van der Waals surface area contributed by atoms with E-state index in [-0.39, 0.29) is 0 Å². The minimum Gasteiger partial charge on any atom is -0.369 e. The summed E-state index contributed by atoms with van der Waals surface area (Å²) in [5.74, 6) is 7.38. The highest BCUT2D eigenvalue weighted by Crippen LogP contribution is 2.42. The summed E-state index contributed by atoms with van der Waals surface area (Å²) >= 11 is 0. The molecular formula is C33H35N5. The Morgan fingerprint density at radius 3 is 2.32 bits per heavy atom. The van der Waals surface area contributed by atoms with Crippen molar-refractivity contribution >= 4 is 18.4 Å². The minimum absolute atomic E-state index is 0.604. The van der Waals surface area contributed by atoms with Crippen LogP contribution in [0.25, 0.3) is 22.4 Å². The van der Waals surface area contributed by atoms with Crippen LogP contribution in [-0.2, 0) is 6.54 Å². The molecule has 0 aliphatic rings. The molecule has 1 aromatic heterocycles. The van der Waals surface area contributed by atoms with Crippen LogP contribution in [0.1, 0.15) is 29.5 Å². The fourth-order valence-electron chi connectivity index (χ4n) is 4.47. The third-order valence-electron chi connectivity index (χ3n) is 6.17. The van der Waals surface area contributed by atoms with Crippen molar-refractivity contribution < 1.29 is 0 Å². The van der Waals surface area contributed by atoms with E-state index in [9.17, 15) is 0 Å². The van der Waals surface area contributed by atoms with Gasteiger partial charge in [0.05, 0.1) is 12.0 Å². The van der Waals surface area contributed by atoms with Gasteiger partial charge in [-0.2, -0.15) is 0 Å². The highest BCUT2D eigenvalue weighted by Gasteiger charge is 2.24. The Labute approximate surface area is 226 Å². The molecule has 0 spiro atoms. The molecule has 38 heavy (non-hydrogen) atoms. The number of unbranched alkanes of at least 4 members (excludes halogenated alkanes) is 1. The number of aromatic nitrogens is 1. The van der Waals surface area contributed by atoms with E-state index in [0.717, 1.165) is 64.3 Å². The molecule has 0 fully saturated rings. The normalized spacial score (nSPS) is 10.8. The third kappa shape index (κ3) is 6.47. The Bertz CT molecular complexity index is 1440. The maximum Gasteiger partial charge on any atom is 0.144 e. The van der Waals surface area contributed by atoms with Crippen molar-refractivity contribution in [3.05, 3.63) is 102 Å². The number of benzene rings is 3. The fraction of sp³-hybridized carbons (Fsp3) is 0.212. The first-order valence-corrected chi connectivity index (χ1v) is 12.9. The van der Waals surface area contributed by atoms with Crippen molar-refractivity contribution in [1.29, 1.82) is 5.41 Å². The van der Waals surface area contributed by atoms with Gasteiger partial charge in [-0.3, -0.25) is 0 Å². The van der Waals surface area contributed by atoms with Crippen molar-refractivity contribution in [2.24, 2.45) is 4.99 Å². The predicted molar refractivity (Wildman–Crippen MR) is 161 cm³/mol. The highest BCUT2D eigenvalue weighted by molar-refractivity contribution is 6.02. The lowest BCUT2D eigenvalue weighted by Crippen LogP contribution is -2.08. The molecule has 0 saturated carbocycles. The number of aliphatic imine (C=N–C) groups is 1. The first-order chi connectivity index (χ1) is 18.6. The molecule has 0 saturated heterocycles. The predicted octanol–water partition coefficient (Wildman–Crippen LogP) is 6.44. The van der Waals surface area contributed by atoms with Gasteiger partial charge in [-0.15, -0.1) is 0 Å². The van der Waals surface area contributed by atoms with Gasteiger partial charge in [0, 0.05) is 50.0 Å². The van der Waals surface area contributed by atoms with Crippen molar-refractivity contribution in [3.63, 3.8) is 0 Å². The summed E-state index contributed by atoms with van der Waals surface area (Å²) in [6.45, 7) is 1.58. The van der Waals surface area contributed by atoms with Gasteiger partial charge < -0.3 is 20.2 Å². The summed E-state index contributed by atoms with van der Waals surface area (Å²) in [5, 5.41) is 11.6. The summed E-state index contributed by atoms with van der Waals surface area (Å²) < 4.78 is 2.23. The molecule has 1 heterocycles. The quantitative estimate of drug-likeness (QED) is 0.114. The zero-order chi connectivity index (χ0) is 26.7. The maximum absolute atomic E-state index is 8.42. The number of nitrogens with one attached hydrogen (secondary N) is 2. The molecule has 5 heteroatoms. The Morgan fingerprint density at radius 2 is 1.66 bits per heavy atom. The molecule has 4 rings (SSSR count). The molecule has 2 N–H and O–H groups in total. The smallest absolute Gasteiger partial charge is 0.144 e. The van der Waals surface area contributed by atoms with Crippen LogP contribution in [0, 0.1) is 17.3 Å². The van der Waals surface area contributed by atoms with Crippen LogP contribution in [0.2, 0.25) is 0 Å². The van der Waals surface area contributed by atoms with Gasteiger partial charge in [0.25, 0.3) is 0 Å². The molecule has 0 aliphatic carbocycles. The average molecular weight is 502 g/mol. The maximum atomic E-state index is 8.42. The lowest BCUT2D eigenvalue weighted by Gasteiger charge is -2.14. The van der Waals surface area contributed by atoms with E-state index in [4.69, 9.17) is 10.4 Å². The molecule has 0 atom stereocenters. The SMILES string of the molecule is CNCCCC#Cc1cccc(Cn2c(/N=C\N(C)C)c(C=N)c(-c3ccccc3)c2-c2ccccc2)c1. The van der Waals surface area contributed by atoms with Gasteiger partial charge in [0.15, 0.2) is 0 Å². The van der Waals surface area contributed by atoms with Crippen LogP contribution in [0.4, 0.5) is 5.82 Å². The number of nitrogens with zero attached hydrogens (tertiary/aromatic N) is 3. The van der Waals surface area contributed by atoms with Gasteiger partial charge in [-0.25, -0.2) is 4.99 Å². The van der Waals surface area contributed by atoms with E-state index in [1.54, 1.807) is 6.34 Å². The van der Waals surface area contributed by atoms with E-state index in [1.807, 2.05) is 50.3 Å². The Kier molecular flexibility index (Phi) is 9.28. The molecule has 4 aromatic rings. The Morgan fingerprint density at radius 1 is 0.947 bits per heavy atom. The number of hydrogen-bond donors (Lipinski definition) is 2. The Balaban J connectivity index is 1.88. The second-order valence-electron chi connectivity index (χ2n) is 9.34. The summed E-state index contributed by atoms with van der Waals surface area (Å²) in [4.78, 5) is 6.80. The number of hydrogen-bond acceptors (Lipinski definition) is 3. The first-order valence-electron chi connectivity index (χ1n) is 12.9.